The highest BCUT2D eigenvalue weighted by atomic mass is 19.4. The van der Waals surface area contributed by atoms with E-state index in [0.29, 0.717) is 5.69 Å². The number of hydrogen-bond donors (Lipinski definition) is 1. The van der Waals surface area contributed by atoms with Crippen LogP contribution in [-0.4, -0.2) is 17.8 Å². The number of Topliss-reactive ketones (excluding diaryl/α,β-unsaturated/α-hetero) is 1. The third-order valence-electron chi connectivity index (χ3n) is 5.48. The van der Waals surface area contributed by atoms with Gasteiger partial charge in [0, 0.05) is 24.1 Å². The molecule has 1 N–H and O–H groups in total. The number of ketones is 1. The maximum Gasteiger partial charge on any atom is 0.455 e. The van der Waals surface area contributed by atoms with E-state index in [-0.39, 0.29) is 41.4 Å². The Kier molecular flexibility index (Phi) is 4.95. The number of alkyl halides is 3. The zero-order valence-corrected chi connectivity index (χ0v) is 17.5. The second-order valence-corrected chi connectivity index (χ2v) is 8.80. The van der Waals surface area contributed by atoms with Crippen LogP contribution in [0.2, 0.25) is 0 Å². The average Bonchev–Trinajstić information content (AvgIpc) is 2.68. The highest BCUT2D eigenvalue weighted by Crippen LogP contribution is 2.51. The molecular formula is C24H23F3N2O2. The van der Waals surface area contributed by atoms with Gasteiger partial charge in [0.25, 0.3) is 0 Å². The van der Waals surface area contributed by atoms with Crippen LogP contribution in [0.15, 0.2) is 70.9 Å². The van der Waals surface area contributed by atoms with Crippen LogP contribution in [0.25, 0.3) is 0 Å². The Balaban J connectivity index is 1.91. The molecule has 0 bridgehead atoms. The van der Waals surface area contributed by atoms with E-state index in [9.17, 15) is 18.0 Å². The molecule has 0 saturated carbocycles. The van der Waals surface area contributed by atoms with Crippen molar-refractivity contribution in [2.24, 2.45) is 10.4 Å². The zero-order chi connectivity index (χ0) is 22.4. The molecular weight excluding hydrogens is 405 g/mol. The van der Waals surface area contributed by atoms with Gasteiger partial charge in [0.15, 0.2) is 5.78 Å². The van der Waals surface area contributed by atoms with E-state index in [1.165, 1.54) is 24.3 Å². The lowest BCUT2D eigenvalue weighted by Gasteiger charge is -2.42. The number of nitrogens with one attached hydrogen (secondary N) is 1. The van der Waals surface area contributed by atoms with E-state index in [1.54, 1.807) is 18.2 Å². The van der Waals surface area contributed by atoms with Crippen molar-refractivity contribution in [3.05, 3.63) is 77.1 Å². The quantitative estimate of drug-likeness (QED) is 0.649. The molecule has 0 amide bonds. The molecule has 1 aliphatic carbocycles. The fraction of sp³-hybridized carbons (Fsp3) is 0.333. The predicted molar refractivity (Wildman–Crippen MR) is 113 cm³/mol. The summed E-state index contributed by atoms with van der Waals surface area (Å²) in [5, 5.41) is 2.95. The molecule has 1 heterocycles. The molecule has 0 saturated heterocycles. The molecule has 31 heavy (non-hydrogen) atoms. The Hall–Kier alpha value is -3.09. The van der Waals surface area contributed by atoms with Crippen molar-refractivity contribution >= 4 is 17.3 Å². The first-order valence-electron chi connectivity index (χ1n) is 10.0. The van der Waals surface area contributed by atoms with Crippen LogP contribution in [0, 0.1) is 12.3 Å². The Morgan fingerprint density at radius 1 is 1.00 bits per heavy atom. The molecule has 1 aliphatic heterocycles. The molecule has 4 nitrogen and oxygen atoms in total. The summed E-state index contributed by atoms with van der Waals surface area (Å²) < 4.78 is 49.2. The SMILES string of the molecule is Cc1ccc(NC2=NC(c3ccccc3)(C(F)(F)F)OC3=C2C(=O)CC(C)(C)C3)cc1. The Labute approximate surface area is 178 Å². The van der Waals surface area contributed by atoms with E-state index in [4.69, 9.17) is 4.74 Å². The first-order valence-corrected chi connectivity index (χ1v) is 10.0. The number of aliphatic imine (C=N–C) groups is 1. The summed E-state index contributed by atoms with van der Waals surface area (Å²) in [5.41, 5.74) is -1.96. The van der Waals surface area contributed by atoms with Gasteiger partial charge >= 0.3 is 11.9 Å². The van der Waals surface area contributed by atoms with Crippen molar-refractivity contribution in [2.75, 3.05) is 5.32 Å². The number of nitrogens with zero attached hydrogens (tertiary/aromatic N) is 1. The summed E-state index contributed by atoms with van der Waals surface area (Å²) in [4.78, 5) is 17.0. The number of rotatable bonds is 2. The number of ether oxygens (including phenoxy) is 1. The first kappa shape index (κ1) is 21.2. The highest BCUT2D eigenvalue weighted by molar-refractivity contribution is 6.27. The summed E-state index contributed by atoms with van der Waals surface area (Å²) in [6.07, 6.45) is -4.45. The van der Waals surface area contributed by atoms with Crippen LogP contribution in [0.1, 0.15) is 37.8 Å². The zero-order valence-electron chi connectivity index (χ0n) is 17.5. The van der Waals surface area contributed by atoms with Crippen molar-refractivity contribution in [3.8, 4) is 0 Å². The van der Waals surface area contributed by atoms with Crippen molar-refractivity contribution in [3.63, 3.8) is 0 Å². The van der Waals surface area contributed by atoms with E-state index in [2.05, 4.69) is 10.3 Å². The molecule has 2 aliphatic rings. The number of amidine groups is 1. The van der Waals surface area contributed by atoms with Gasteiger partial charge in [-0.3, -0.25) is 4.79 Å². The molecule has 1 unspecified atom stereocenters. The predicted octanol–water partition coefficient (Wildman–Crippen LogP) is 5.89. The van der Waals surface area contributed by atoms with Gasteiger partial charge in [-0.1, -0.05) is 61.9 Å². The first-order chi connectivity index (χ1) is 14.5. The Morgan fingerprint density at radius 3 is 2.26 bits per heavy atom. The minimum Gasteiger partial charge on any atom is -0.457 e. The number of allylic oxidation sites excluding steroid dienone is 1. The minimum atomic E-state index is -4.85. The maximum atomic E-state index is 14.5. The summed E-state index contributed by atoms with van der Waals surface area (Å²) in [5.74, 6) is -0.382. The average molecular weight is 428 g/mol. The monoisotopic (exact) mass is 428 g/mol. The van der Waals surface area contributed by atoms with Gasteiger partial charge in [0.2, 0.25) is 0 Å². The van der Waals surface area contributed by atoms with Gasteiger partial charge in [0.1, 0.15) is 11.6 Å². The van der Waals surface area contributed by atoms with Gasteiger partial charge in [-0.2, -0.15) is 13.2 Å². The van der Waals surface area contributed by atoms with E-state index >= 15 is 0 Å². The Bertz CT molecular complexity index is 1070. The third-order valence-corrected chi connectivity index (χ3v) is 5.48. The topological polar surface area (TPSA) is 50.7 Å². The van der Waals surface area contributed by atoms with Crippen molar-refractivity contribution < 1.29 is 22.7 Å². The summed E-state index contributed by atoms with van der Waals surface area (Å²) in [6, 6.07) is 14.5. The maximum absolute atomic E-state index is 14.5. The largest absolute Gasteiger partial charge is 0.457 e. The van der Waals surface area contributed by atoms with E-state index in [0.717, 1.165) is 5.56 Å². The van der Waals surface area contributed by atoms with E-state index in [1.807, 2.05) is 32.9 Å². The standard InChI is InChI=1S/C24H23F3N2O2/c1-15-9-11-17(12-10-15)28-21-20-18(30)13-22(2,3)14-19(20)31-23(29-21,24(25,26)27)16-7-5-4-6-8-16/h4-12H,13-14H2,1-3H3,(H,28,29). The van der Waals surface area contributed by atoms with Crippen LogP contribution in [0.4, 0.5) is 18.9 Å². The second kappa shape index (κ2) is 7.25. The van der Waals surface area contributed by atoms with Crippen LogP contribution < -0.4 is 5.32 Å². The normalized spacial score (nSPS) is 23.0. The molecule has 1 atom stereocenters. The van der Waals surface area contributed by atoms with Gasteiger partial charge in [-0.05, 0) is 24.5 Å². The lowest BCUT2D eigenvalue weighted by atomic mass is 9.75. The van der Waals surface area contributed by atoms with Gasteiger partial charge in [-0.25, -0.2) is 4.99 Å². The molecule has 0 spiro atoms. The van der Waals surface area contributed by atoms with Crippen LogP contribution >= 0.6 is 0 Å². The van der Waals surface area contributed by atoms with Gasteiger partial charge < -0.3 is 10.1 Å². The fourth-order valence-electron chi connectivity index (χ4n) is 3.97. The lowest BCUT2D eigenvalue weighted by molar-refractivity contribution is -0.272. The smallest absolute Gasteiger partial charge is 0.455 e. The second-order valence-electron chi connectivity index (χ2n) is 8.80. The van der Waals surface area contributed by atoms with Crippen molar-refractivity contribution in [1.29, 1.82) is 0 Å². The molecule has 4 rings (SSSR count). The molecule has 0 aromatic heterocycles. The molecule has 0 radical (unpaired) electrons. The highest BCUT2D eigenvalue weighted by Gasteiger charge is 2.62. The van der Waals surface area contributed by atoms with E-state index < -0.39 is 17.3 Å². The lowest BCUT2D eigenvalue weighted by Crippen LogP contribution is -2.49. The Morgan fingerprint density at radius 2 is 1.65 bits per heavy atom. The number of benzene rings is 2. The summed E-state index contributed by atoms with van der Waals surface area (Å²) in [6.45, 7) is 5.59. The number of halogens is 3. The summed E-state index contributed by atoms with van der Waals surface area (Å²) in [7, 11) is 0. The minimum absolute atomic E-state index is 0.0204. The summed E-state index contributed by atoms with van der Waals surface area (Å²) >= 11 is 0. The van der Waals surface area contributed by atoms with Crippen LogP contribution in [-0.2, 0) is 15.3 Å². The number of carbonyl (C=O) groups excluding carboxylic acids is 1. The number of hydrogen-bond acceptors (Lipinski definition) is 4. The molecule has 162 valence electrons. The molecule has 2 aromatic carbocycles. The van der Waals surface area contributed by atoms with Crippen LogP contribution in [0.3, 0.4) is 0 Å². The number of aryl methyl sites for hydroxylation is 1. The van der Waals surface area contributed by atoms with Crippen molar-refractivity contribution in [1.82, 2.24) is 0 Å². The third kappa shape index (κ3) is 3.84. The molecule has 2 aromatic rings. The molecule has 0 fully saturated rings. The van der Waals surface area contributed by atoms with Gasteiger partial charge in [-0.15, -0.1) is 0 Å². The van der Waals surface area contributed by atoms with Crippen molar-refractivity contribution in [2.45, 2.75) is 45.5 Å². The van der Waals surface area contributed by atoms with Crippen LogP contribution in [0.5, 0.6) is 0 Å². The fourth-order valence-corrected chi connectivity index (χ4v) is 3.97. The number of anilines is 1. The van der Waals surface area contributed by atoms with Gasteiger partial charge in [0.05, 0.1) is 5.57 Å². The molecule has 7 heteroatoms. The number of carbonyl (C=O) groups is 1.